The van der Waals surface area contributed by atoms with Crippen molar-refractivity contribution in [2.45, 2.75) is 26.1 Å². The van der Waals surface area contributed by atoms with E-state index in [1.165, 1.54) is 0 Å². The molecule has 0 radical (unpaired) electrons. The largest absolute Gasteiger partial charge is 0.478 e. The van der Waals surface area contributed by atoms with Crippen molar-refractivity contribution in [2.75, 3.05) is 26.4 Å². The quantitative estimate of drug-likeness (QED) is 0.311. The van der Waals surface area contributed by atoms with Gasteiger partial charge in [-0.1, -0.05) is 19.9 Å². The number of carboxylic acids is 1. The Morgan fingerprint density at radius 3 is 2.47 bits per heavy atom. The molecular weight excluding hydrogens is 228 g/mol. The summed E-state index contributed by atoms with van der Waals surface area (Å²) in [4.78, 5) is 9.25. The van der Waals surface area contributed by atoms with Crippen molar-refractivity contribution in [1.82, 2.24) is 0 Å². The molecule has 0 aliphatic carbocycles. The Kier molecular flexibility index (Phi) is 16.3. The lowest BCUT2D eigenvalue weighted by atomic mass is 10.4. The number of ether oxygens (including phenoxy) is 2. The van der Waals surface area contributed by atoms with Gasteiger partial charge < -0.3 is 24.8 Å². The lowest BCUT2D eigenvalue weighted by Crippen LogP contribution is -2.20. The second-order valence-electron chi connectivity index (χ2n) is 3.02. The number of aliphatic hydroxyl groups is 2. The fourth-order valence-electron chi connectivity index (χ4n) is 0.661. The van der Waals surface area contributed by atoms with Crippen LogP contribution in [0.3, 0.4) is 0 Å². The predicted molar refractivity (Wildman–Crippen MR) is 62.6 cm³/mol. The Labute approximate surface area is 101 Å². The maximum absolute atomic E-state index is 9.25. The summed E-state index contributed by atoms with van der Waals surface area (Å²) in [6.45, 7) is 5.92. The minimum absolute atomic E-state index is 0.0261. The van der Waals surface area contributed by atoms with Gasteiger partial charge in [0.1, 0.15) is 0 Å². The highest BCUT2D eigenvalue weighted by atomic mass is 16.6. The summed E-state index contributed by atoms with van der Waals surface area (Å²) in [7, 11) is 0. The number of carbonyl (C=O) groups is 1. The Bertz CT molecular complexity index is 173. The molecule has 0 aromatic heterocycles. The molecule has 0 saturated heterocycles. The third-order valence-electron chi connectivity index (χ3n) is 1.48. The van der Waals surface area contributed by atoms with Gasteiger partial charge in [0.15, 0.2) is 6.29 Å². The van der Waals surface area contributed by atoms with E-state index in [4.69, 9.17) is 24.8 Å². The van der Waals surface area contributed by atoms with Gasteiger partial charge in [-0.15, -0.1) is 0 Å². The molecule has 1 unspecified atom stereocenters. The van der Waals surface area contributed by atoms with Gasteiger partial charge in [0.25, 0.3) is 0 Å². The van der Waals surface area contributed by atoms with Crippen LogP contribution in [0.2, 0.25) is 0 Å². The molecule has 0 bridgehead atoms. The summed E-state index contributed by atoms with van der Waals surface area (Å²) < 4.78 is 9.83. The second-order valence-corrected chi connectivity index (χ2v) is 3.02. The molecule has 0 spiro atoms. The third kappa shape index (κ3) is 21.0. The molecule has 102 valence electrons. The molecule has 0 aliphatic heterocycles. The van der Waals surface area contributed by atoms with Gasteiger partial charge in [0.05, 0.1) is 19.8 Å². The number of unbranched alkanes of at least 4 members (excludes halogenated alkanes) is 1. The molecule has 6 nitrogen and oxygen atoms in total. The standard InChI is InChI=1S/C8H18O4.C3H4O2/c1-2-3-5-12-8(10)7-11-6-4-9;1-2-3(4)5/h8-10H,2-7H2,1H3;2H,1H2,(H,4,5). The number of hydrogen-bond donors (Lipinski definition) is 3. The molecule has 6 heteroatoms. The topological polar surface area (TPSA) is 96.2 Å². The first-order valence-electron chi connectivity index (χ1n) is 5.42. The maximum atomic E-state index is 9.25. The third-order valence-corrected chi connectivity index (χ3v) is 1.48. The van der Waals surface area contributed by atoms with Crippen LogP contribution in [0.15, 0.2) is 12.7 Å². The Hall–Kier alpha value is -0.950. The fourth-order valence-corrected chi connectivity index (χ4v) is 0.661. The van der Waals surface area contributed by atoms with Gasteiger partial charge >= 0.3 is 5.97 Å². The number of aliphatic carboxylic acids is 1. The minimum Gasteiger partial charge on any atom is -0.478 e. The highest BCUT2D eigenvalue weighted by Crippen LogP contribution is 1.93. The molecule has 0 aromatic carbocycles. The molecule has 3 N–H and O–H groups in total. The molecular formula is C11H22O6. The van der Waals surface area contributed by atoms with Gasteiger partial charge in [-0.05, 0) is 6.42 Å². The van der Waals surface area contributed by atoms with Crippen LogP contribution in [-0.2, 0) is 14.3 Å². The molecule has 0 saturated carbocycles. The summed E-state index contributed by atoms with van der Waals surface area (Å²) in [5.41, 5.74) is 0. The van der Waals surface area contributed by atoms with E-state index in [0.29, 0.717) is 6.61 Å². The van der Waals surface area contributed by atoms with Gasteiger partial charge in [-0.2, -0.15) is 0 Å². The van der Waals surface area contributed by atoms with Crippen molar-refractivity contribution in [2.24, 2.45) is 0 Å². The van der Waals surface area contributed by atoms with Crippen molar-refractivity contribution in [3.63, 3.8) is 0 Å². The van der Waals surface area contributed by atoms with Crippen LogP contribution in [0.4, 0.5) is 0 Å². The summed E-state index contributed by atoms with van der Waals surface area (Å²) in [5.74, 6) is -0.981. The average Bonchev–Trinajstić information content (AvgIpc) is 2.30. The lowest BCUT2D eigenvalue weighted by Gasteiger charge is -2.11. The smallest absolute Gasteiger partial charge is 0.327 e. The number of carboxylic acid groups (broad SMARTS) is 1. The van der Waals surface area contributed by atoms with Gasteiger partial charge in [-0.3, -0.25) is 0 Å². The van der Waals surface area contributed by atoms with E-state index in [1.54, 1.807) is 0 Å². The SMILES string of the molecule is C=CC(=O)O.CCCCOC(O)COCCO. The zero-order valence-corrected chi connectivity index (χ0v) is 10.2. The van der Waals surface area contributed by atoms with E-state index in [0.717, 1.165) is 18.9 Å². The Morgan fingerprint density at radius 1 is 1.47 bits per heavy atom. The van der Waals surface area contributed by atoms with E-state index in [2.05, 4.69) is 13.5 Å². The molecule has 0 aromatic rings. The maximum Gasteiger partial charge on any atom is 0.327 e. The summed E-state index contributed by atoms with van der Waals surface area (Å²) in [6, 6.07) is 0. The highest BCUT2D eigenvalue weighted by Gasteiger charge is 2.02. The normalized spacial score (nSPS) is 11.2. The first-order chi connectivity index (χ1) is 8.08. The Morgan fingerprint density at radius 2 is 2.06 bits per heavy atom. The second kappa shape index (κ2) is 15.0. The molecule has 0 aliphatic rings. The summed E-state index contributed by atoms with van der Waals surface area (Å²) in [6.07, 6.45) is 1.96. The van der Waals surface area contributed by atoms with Crippen LogP contribution in [-0.4, -0.2) is 54.0 Å². The molecule has 0 fully saturated rings. The monoisotopic (exact) mass is 250 g/mol. The van der Waals surface area contributed by atoms with Crippen LogP contribution < -0.4 is 0 Å². The molecule has 0 amide bonds. The van der Waals surface area contributed by atoms with Gasteiger partial charge in [-0.25, -0.2) is 4.79 Å². The zero-order valence-electron chi connectivity index (χ0n) is 10.2. The van der Waals surface area contributed by atoms with Crippen molar-refractivity contribution in [3.8, 4) is 0 Å². The van der Waals surface area contributed by atoms with Crippen LogP contribution in [0.5, 0.6) is 0 Å². The van der Waals surface area contributed by atoms with Gasteiger partial charge in [0, 0.05) is 12.7 Å². The average molecular weight is 250 g/mol. The molecule has 0 rings (SSSR count). The lowest BCUT2D eigenvalue weighted by molar-refractivity contribution is -0.139. The molecule has 1 atom stereocenters. The van der Waals surface area contributed by atoms with Crippen molar-refractivity contribution < 1.29 is 29.6 Å². The fraction of sp³-hybridized carbons (Fsp3) is 0.727. The summed E-state index contributed by atoms with van der Waals surface area (Å²) >= 11 is 0. The molecule has 0 heterocycles. The first kappa shape index (κ1) is 18.4. The van der Waals surface area contributed by atoms with Crippen molar-refractivity contribution in [3.05, 3.63) is 12.7 Å². The van der Waals surface area contributed by atoms with Crippen LogP contribution in [0.1, 0.15) is 19.8 Å². The molecule has 17 heavy (non-hydrogen) atoms. The predicted octanol–water partition coefficient (Wildman–Crippen LogP) is 0.387. The van der Waals surface area contributed by atoms with Crippen molar-refractivity contribution in [1.29, 1.82) is 0 Å². The van der Waals surface area contributed by atoms with Crippen LogP contribution in [0, 0.1) is 0 Å². The number of aliphatic hydroxyl groups excluding tert-OH is 2. The van der Waals surface area contributed by atoms with E-state index in [9.17, 15) is 4.79 Å². The first-order valence-corrected chi connectivity index (χ1v) is 5.42. The minimum atomic E-state index is -0.981. The highest BCUT2D eigenvalue weighted by molar-refractivity contribution is 5.78. The Balaban J connectivity index is 0. The number of rotatable bonds is 9. The van der Waals surface area contributed by atoms with E-state index < -0.39 is 12.3 Å². The number of hydrogen-bond acceptors (Lipinski definition) is 5. The summed E-state index contributed by atoms with van der Waals surface area (Å²) in [5, 5.41) is 25.0. The zero-order chi connectivity index (χ0) is 13.5. The van der Waals surface area contributed by atoms with Crippen LogP contribution >= 0.6 is 0 Å². The van der Waals surface area contributed by atoms with Gasteiger partial charge in [0.2, 0.25) is 0 Å². The van der Waals surface area contributed by atoms with E-state index in [-0.39, 0.29) is 19.8 Å². The van der Waals surface area contributed by atoms with E-state index >= 15 is 0 Å². The van der Waals surface area contributed by atoms with E-state index in [1.807, 2.05) is 0 Å². The van der Waals surface area contributed by atoms with Crippen molar-refractivity contribution >= 4 is 5.97 Å². The van der Waals surface area contributed by atoms with Crippen LogP contribution in [0.25, 0.3) is 0 Å².